The molecule has 1 atom stereocenters. The summed E-state index contributed by atoms with van der Waals surface area (Å²) in [6, 6.07) is 0. The molecule has 0 aromatic carbocycles. The molecule has 1 unspecified atom stereocenters. The Morgan fingerprint density at radius 3 is 2.45 bits per heavy atom. The lowest BCUT2D eigenvalue weighted by atomic mass is 9.81. The number of aliphatic hydroxyl groups is 1. The second-order valence-electron chi connectivity index (χ2n) is 3.51. The summed E-state index contributed by atoms with van der Waals surface area (Å²) in [4.78, 5) is 9.94. The molecule has 1 spiro atoms. The molecular weight excluding hydrogens is 144 g/mol. The predicted molar refractivity (Wildman–Crippen MR) is 38.9 cm³/mol. The Morgan fingerprint density at radius 2 is 1.91 bits per heavy atom. The highest BCUT2D eigenvalue weighted by atomic mass is 17.2. The van der Waals surface area contributed by atoms with E-state index < -0.39 is 6.10 Å². The summed E-state index contributed by atoms with van der Waals surface area (Å²) in [6.07, 6.45) is 5.07. The molecule has 0 bridgehead atoms. The summed E-state index contributed by atoms with van der Waals surface area (Å²) in [7, 11) is 0. The van der Waals surface area contributed by atoms with Crippen molar-refractivity contribution in [3.8, 4) is 0 Å². The van der Waals surface area contributed by atoms with Crippen LogP contribution in [0.1, 0.15) is 32.1 Å². The van der Waals surface area contributed by atoms with E-state index in [1.807, 2.05) is 0 Å². The highest BCUT2D eigenvalue weighted by Crippen LogP contribution is 2.38. The lowest BCUT2D eigenvalue weighted by Gasteiger charge is -2.32. The van der Waals surface area contributed by atoms with Gasteiger partial charge < -0.3 is 5.11 Å². The second kappa shape index (κ2) is 2.73. The highest BCUT2D eigenvalue weighted by Gasteiger charge is 2.46. The largest absolute Gasteiger partial charge is 0.387 e. The Kier molecular flexibility index (Phi) is 1.87. The van der Waals surface area contributed by atoms with Crippen molar-refractivity contribution in [2.24, 2.45) is 0 Å². The van der Waals surface area contributed by atoms with Gasteiger partial charge in [-0.1, -0.05) is 19.3 Å². The average Bonchev–Trinajstić information content (AvgIpc) is 2.36. The van der Waals surface area contributed by atoms with Crippen molar-refractivity contribution in [2.75, 3.05) is 6.61 Å². The van der Waals surface area contributed by atoms with Crippen LogP contribution in [0.25, 0.3) is 0 Å². The first kappa shape index (κ1) is 7.53. The Bertz CT molecular complexity index is 140. The first-order valence-corrected chi connectivity index (χ1v) is 4.32. The maximum absolute atomic E-state index is 9.55. The molecule has 64 valence electrons. The third kappa shape index (κ3) is 1.17. The Balaban J connectivity index is 2.06. The maximum atomic E-state index is 9.55. The smallest absolute Gasteiger partial charge is 0.132 e. The van der Waals surface area contributed by atoms with Crippen molar-refractivity contribution < 1.29 is 14.9 Å². The third-order valence-electron chi connectivity index (χ3n) is 2.76. The number of aliphatic hydroxyl groups excluding tert-OH is 1. The molecule has 3 heteroatoms. The zero-order chi connectivity index (χ0) is 7.73. The molecule has 1 N–H and O–H groups in total. The fraction of sp³-hybridized carbons (Fsp3) is 1.00. The van der Waals surface area contributed by atoms with Gasteiger partial charge in [-0.15, -0.1) is 0 Å². The lowest BCUT2D eigenvalue weighted by molar-refractivity contribution is -0.317. The molecule has 0 amide bonds. The van der Waals surface area contributed by atoms with E-state index in [9.17, 15) is 5.11 Å². The van der Waals surface area contributed by atoms with Gasteiger partial charge in [0.05, 0.1) is 0 Å². The first-order valence-electron chi connectivity index (χ1n) is 4.32. The summed E-state index contributed by atoms with van der Waals surface area (Å²) >= 11 is 0. The van der Waals surface area contributed by atoms with Crippen molar-refractivity contribution in [3.05, 3.63) is 0 Å². The molecule has 0 aromatic heterocycles. The number of rotatable bonds is 0. The zero-order valence-electron chi connectivity index (χ0n) is 6.58. The van der Waals surface area contributed by atoms with Crippen molar-refractivity contribution in [1.29, 1.82) is 0 Å². The van der Waals surface area contributed by atoms with Gasteiger partial charge in [0.25, 0.3) is 0 Å². The Labute approximate surface area is 66.2 Å². The van der Waals surface area contributed by atoms with E-state index in [2.05, 4.69) is 0 Å². The van der Waals surface area contributed by atoms with Crippen molar-refractivity contribution in [3.63, 3.8) is 0 Å². The van der Waals surface area contributed by atoms with Crippen LogP contribution < -0.4 is 0 Å². The van der Waals surface area contributed by atoms with Gasteiger partial charge in [-0.2, -0.15) is 0 Å². The van der Waals surface area contributed by atoms with E-state index >= 15 is 0 Å². The average molecular weight is 158 g/mol. The molecule has 2 aliphatic rings. The number of hydrogen-bond acceptors (Lipinski definition) is 3. The van der Waals surface area contributed by atoms with Gasteiger partial charge in [0.2, 0.25) is 0 Å². The van der Waals surface area contributed by atoms with Crippen LogP contribution in [-0.4, -0.2) is 23.4 Å². The topological polar surface area (TPSA) is 38.7 Å². The first-order chi connectivity index (χ1) is 5.33. The molecule has 3 nitrogen and oxygen atoms in total. The monoisotopic (exact) mass is 158 g/mol. The molecule has 1 aliphatic carbocycles. The molecule has 0 radical (unpaired) electrons. The van der Waals surface area contributed by atoms with Crippen LogP contribution >= 0.6 is 0 Å². The SMILES string of the molecule is OC1COOC12CCCCC2. The van der Waals surface area contributed by atoms with Gasteiger partial charge in [0, 0.05) is 0 Å². The standard InChI is InChI=1S/C8H14O3/c9-7-6-10-11-8(7)4-2-1-3-5-8/h7,9H,1-6H2. The zero-order valence-corrected chi connectivity index (χ0v) is 6.58. The van der Waals surface area contributed by atoms with E-state index in [4.69, 9.17) is 9.78 Å². The minimum absolute atomic E-state index is 0.335. The highest BCUT2D eigenvalue weighted by molar-refractivity contribution is 4.92. The molecule has 0 aromatic rings. The molecule has 1 saturated carbocycles. The normalized spacial score (nSPS) is 36.3. The molecular formula is C8H14O3. The van der Waals surface area contributed by atoms with Gasteiger partial charge in [0.15, 0.2) is 0 Å². The minimum Gasteiger partial charge on any atom is -0.387 e. The second-order valence-corrected chi connectivity index (χ2v) is 3.51. The quantitative estimate of drug-likeness (QED) is 0.535. The van der Waals surface area contributed by atoms with Crippen LogP contribution in [0.3, 0.4) is 0 Å². The van der Waals surface area contributed by atoms with Gasteiger partial charge in [-0.3, -0.25) is 0 Å². The molecule has 2 fully saturated rings. The molecule has 1 aliphatic heterocycles. The van der Waals surface area contributed by atoms with Gasteiger partial charge in [-0.05, 0) is 12.8 Å². The number of hydrogen-bond donors (Lipinski definition) is 1. The molecule has 1 heterocycles. The van der Waals surface area contributed by atoms with E-state index in [0.29, 0.717) is 6.61 Å². The predicted octanol–water partition coefficient (Wildman–Crippen LogP) is 1.01. The molecule has 11 heavy (non-hydrogen) atoms. The van der Waals surface area contributed by atoms with Crippen LogP contribution in [0.2, 0.25) is 0 Å². The minimum atomic E-state index is -0.400. The lowest BCUT2D eigenvalue weighted by Crippen LogP contribution is -2.41. The van der Waals surface area contributed by atoms with Gasteiger partial charge in [-0.25, -0.2) is 9.78 Å². The fourth-order valence-corrected chi connectivity index (χ4v) is 1.99. The van der Waals surface area contributed by atoms with Crippen molar-refractivity contribution in [1.82, 2.24) is 0 Å². The van der Waals surface area contributed by atoms with Crippen molar-refractivity contribution in [2.45, 2.75) is 43.8 Å². The van der Waals surface area contributed by atoms with Gasteiger partial charge in [0.1, 0.15) is 18.3 Å². The summed E-state index contributed by atoms with van der Waals surface area (Å²) in [5.74, 6) is 0. The van der Waals surface area contributed by atoms with Gasteiger partial charge >= 0.3 is 0 Å². The summed E-state index contributed by atoms with van der Waals surface area (Å²) in [6.45, 7) is 0.347. The summed E-state index contributed by atoms with van der Waals surface area (Å²) in [5, 5.41) is 9.55. The van der Waals surface area contributed by atoms with Crippen LogP contribution in [0, 0.1) is 0 Å². The molecule has 1 saturated heterocycles. The van der Waals surface area contributed by atoms with Crippen molar-refractivity contribution >= 4 is 0 Å². The maximum Gasteiger partial charge on any atom is 0.132 e. The Morgan fingerprint density at radius 1 is 1.18 bits per heavy atom. The van der Waals surface area contributed by atoms with E-state index in [-0.39, 0.29) is 5.60 Å². The van der Waals surface area contributed by atoms with E-state index in [1.165, 1.54) is 6.42 Å². The van der Waals surface area contributed by atoms with E-state index in [1.54, 1.807) is 0 Å². The third-order valence-corrected chi connectivity index (χ3v) is 2.76. The Hall–Kier alpha value is -0.120. The van der Waals surface area contributed by atoms with Crippen LogP contribution in [0.15, 0.2) is 0 Å². The molecule has 2 rings (SSSR count). The fourth-order valence-electron chi connectivity index (χ4n) is 1.99. The van der Waals surface area contributed by atoms with Crippen LogP contribution in [0.4, 0.5) is 0 Å². The summed E-state index contributed by atoms with van der Waals surface area (Å²) in [5.41, 5.74) is -0.335. The summed E-state index contributed by atoms with van der Waals surface area (Å²) < 4.78 is 0. The van der Waals surface area contributed by atoms with E-state index in [0.717, 1.165) is 25.7 Å². The van der Waals surface area contributed by atoms with Crippen LogP contribution in [-0.2, 0) is 9.78 Å². The van der Waals surface area contributed by atoms with Crippen LogP contribution in [0.5, 0.6) is 0 Å².